The van der Waals surface area contributed by atoms with Gasteiger partial charge < -0.3 is 0 Å². The molecule has 0 amide bonds. The highest BCUT2D eigenvalue weighted by Gasteiger charge is 2.29. The fraction of sp³-hybridized carbons (Fsp3) is 0.500. The van der Waals surface area contributed by atoms with Crippen LogP contribution in [0.3, 0.4) is 0 Å². The first-order valence-corrected chi connectivity index (χ1v) is 14.1. The van der Waals surface area contributed by atoms with Crippen LogP contribution in [0.25, 0.3) is 0 Å². The van der Waals surface area contributed by atoms with E-state index < -0.39 is 20.0 Å². The number of rotatable bonds is 8. The molecule has 2 aromatic rings. The molecule has 0 spiro atoms. The van der Waals surface area contributed by atoms with Crippen molar-refractivity contribution < 1.29 is 16.8 Å². The molecule has 2 aliphatic rings. The molecule has 2 saturated heterocycles. The van der Waals surface area contributed by atoms with Crippen molar-refractivity contribution in [3.05, 3.63) is 46.7 Å². The highest BCUT2D eigenvalue weighted by atomic mass is 32.2. The van der Waals surface area contributed by atoms with Gasteiger partial charge in [-0.2, -0.15) is 4.31 Å². The van der Waals surface area contributed by atoms with Crippen molar-refractivity contribution in [2.45, 2.75) is 41.5 Å². The lowest BCUT2D eigenvalue weighted by atomic mass is 10.2. The lowest BCUT2D eigenvalue weighted by Gasteiger charge is -2.26. The summed E-state index contributed by atoms with van der Waals surface area (Å²) in [5.74, 6) is 0. The van der Waals surface area contributed by atoms with Crippen molar-refractivity contribution in [1.82, 2.24) is 13.9 Å². The van der Waals surface area contributed by atoms with Crippen molar-refractivity contribution in [2.24, 2.45) is 0 Å². The summed E-state index contributed by atoms with van der Waals surface area (Å²) in [7, 11) is -7.29. The van der Waals surface area contributed by atoms with Gasteiger partial charge >= 0.3 is 0 Å². The first kappa shape index (κ1) is 21.9. The van der Waals surface area contributed by atoms with E-state index in [0.29, 0.717) is 13.1 Å². The molecular formula is C20H27N3O4S3. The maximum atomic E-state index is 12.9. The standard InChI is InChI=1S/C20H27N3O4S3/c24-29(25,21-16-19(20-6-5-15-28-20)22-11-1-2-12-22)17-7-9-18(10-8-17)30(26,27)23-13-3-4-14-23/h5-10,15,19,21H,1-4,11-14,16H2. The molecule has 7 nitrogen and oxygen atoms in total. The van der Waals surface area contributed by atoms with Crippen molar-refractivity contribution in [2.75, 3.05) is 32.7 Å². The van der Waals surface area contributed by atoms with Gasteiger partial charge in [-0.15, -0.1) is 11.3 Å². The first-order chi connectivity index (χ1) is 14.4. The summed E-state index contributed by atoms with van der Waals surface area (Å²) in [6.07, 6.45) is 3.97. The molecule has 0 bridgehead atoms. The molecule has 1 aromatic heterocycles. The van der Waals surface area contributed by atoms with Gasteiger partial charge in [0.15, 0.2) is 0 Å². The number of thiophene rings is 1. The molecule has 1 N–H and O–H groups in total. The second-order valence-corrected chi connectivity index (χ2v) is 12.4. The molecule has 30 heavy (non-hydrogen) atoms. The molecule has 3 heterocycles. The summed E-state index contributed by atoms with van der Waals surface area (Å²) < 4.78 is 55.2. The SMILES string of the molecule is O=S(=O)(NCC(c1cccs1)N1CCCC1)c1ccc(S(=O)(=O)N2CCCC2)cc1. The van der Waals surface area contributed by atoms with Crippen LogP contribution in [0.1, 0.15) is 36.6 Å². The number of sulfonamides is 2. The zero-order chi connectivity index (χ0) is 21.2. The molecule has 2 fully saturated rings. The zero-order valence-corrected chi connectivity index (χ0v) is 19.2. The van der Waals surface area contributed by atoms with Crippen LogP contribution < -0.4 is 4.72 Å². The molecule has 1 atom stereocenters. The number of nitrogens with one attached hydrogen (secondary N) is 1. The van der Waals surface area contributed by atoms with Crippen molar-refractivity contribution in [3.63, 3.8) is 0 Å². The van der Waals surface area contributed by atoms with Crippen LogP contribution in [-0.4, -0.2) is 58.8 Å². The molecule has 10 heteroatoms. The maximum Gasteiger partial charge on any atom is 0.243 e. The average Bonchev–Trinajstić information content (AvgIpc) is 3.51. The first-order valence-electron chi connectivity index (χ1n) is 10.3. The van der Waals surface area contributed by atoms with Crippen molar-refractivity contribution in [3.8, 4) is 0 Å². The Hall–Kier alpha value is -1.30. The number of benzene rings is 1. The fourth-order valence-electron chi connectivity index (χ4n) is 4.08. The van der Waals surface area contributed by atoms with Crippen LogP contribution in [-0.2, 0) is 20.0 Å². The van der Waals surface area contributed by atoms with Gasteiger partial charge in [-0.05, 0) is 74.5 Å². The van der Waals surface area contributed by atoms with Crippen LogP contribution in [0.15, 0.2) is 51.6 Å². The quantitative estimate of drug-likeness (QED) is 0.642. The predicted molar refractivity (Wildman–Crippen MR) is 117 cm³/mol. The van der Waals surface area contributed by atoms with E-state index in [1.54, 1.807) is 11.3 Å². The van der Waals surface area contributed by atoms with Crippen molar-refractivity contribution >= 4 is 31.4 Å². The molecule has 164 valence electrons. The fourth-order valence-corrected chi connectivity index (χ4v) is 7.50. The molecule has 0 radical (unpaired) electrons. The van der Waals surface area contributed by atoms with Gasteiger partial charge in [0.1, 0.15) is 0 Å². The third-order valence-corrected chi connectivity index (χ3v) is 10.1. The Bertz CT molecular complexity index is 1040. The van der Waals surface area contributed by atoms with Gasteiger partial charge in [-0.25, -0.2) is 21.6 Å². The summed E-state index contributed by atoms with van der Waals surface area (Å²) in [6, 6.07) is 9.57. The van der Waals surface area contributed by atoms with Gasteiger partial charge in [0.25, 0.3) is 0 Å². The average molecular weight is 470 g/mol. The Labute approximate surface area is 182 Å². The normalized spacial score (nSPS) is 20.0. The smallest absolute Gasteiger partial charge is 0.243 e. The predicted octanol–water partition coefficient (Wildman–Crippen LogP) is 2.65. The van der Waals surface area contributed by atoms with Crippen LogP contribution in [0.4, 0.5) is 0 Å². The highest BCUT2D eigenvalue weighted by molar-refractivity contribution is 7.89. The molecule has 0 saturated carbocycles. The lowest BCUT2D eigenvalue weighted by molar-refractivity contribution is 0.250. The maximum absolute atomic E-state index is 12.9. The van der Waals surface area contributed by atoms with E-state index in [-0.39, 0.29) is 22.4 Å². The van der Waals surface area contributed by atoms with Gasteiger partial charge in [0.05, 0.1) is 15.8 Å². The molecule has 2 aliphatic heterocycles. The van der Waals surface area contributed by atoms with Crippen LogP contribution in [0.2, 0.25) is 0 Å². The Morgan fingerprint density at radius 1 is 0.867 bits per heavy atom. The Balaban J connectivity index is 1.47. The minimum Gasteiger partial charge on any atom is -0.294 e. The second-order valence-electron chi connectivity index (χ2n) is 7.71. The number of likely N-dealkylation sites (tertiary alicyclic amines) is 1. The van der Waals surface area contributed by atoms with E-state index >= 15 is 0 Å². The van der Waals surface area contributed by atoms with Gasteiger partial charge in [0.2, 0.25) is 20.0 Å². The topological polar surface area (TPSA) is 86.8 Å². The lowest BCUT2D eigenvalue weighted by Crippen LogP contribution is -2.36. The van der Waals surface area contributed by atoms with Gasteiger partial charge in [-0.3, -0.25) is 4.90 Å². The minimum atomic E-state index is -3.74. The Morgan fingerprint density at radius 2 is 1.47 bits per heavy atom. The van der Waals surface area contributed by atoms with Gasteiger partial charge in [0, 0.05) is 24.5 Å². The number of hydrogen-bond donors (Lipinski definition) is 1. The summed E-state index contributed by atoms with van der Waals surface area (Å²) in [6.45, 7) is 3.26. The molecular weight excluding hydrogens is 442 g/mol. The third kappa shape index (κ3) is 4.63. The number of nitrogens with zero attached hydrogens (tertiary/aromatic N) is 2. The molecule has 4 rings (SSSR count). The monoisotopic (exact) mass is 469 g/mol. The van der Waals surface area contributed by atoms with E-state index in [1.165, 1.54) is 28.6 Å². The molecule has 1 aromatic carbocycles. The van der Waals surface area contributed by atoms with E-state index in [9.17, 15) is 16.8 Å². The van der Waals surface area contributed by atoms with Crippen LogP contribution in [0.5, 0.6) is 0 Å². The minimum absolute atomic E-state index is 0.0112. The van der Waals surface area contributed by atoms with E-state index in [0.717, 1.165) is 43.6 Å². The summed E-state index contributed by atoms with van der Waals surface area (Å²) in [5, 5.41) is 2.01. The molecule has 0 aliphatic carbocycles. The Kier molecular flexibility index (Phi) is 6.61. The second kappa shape index (κ2) is 9.05. The highest BCUT2D eigenvalue weighted by Crippen LogP contribution is 2.28. The summed E-state index contributed by atoms with van der Waals surface area (Å²) in [4.78, 5) is 3.68. The van der Waals surface area contributed by atoms with Crippen LogP contribution in [0, 0.1) is 0 Å². The number of hydrogen-bond acceptors (Lipinski definition) is 6. The molecule has 1 unspecified atom stereocenters. The largest absolute Gasteiger partial charge is 0.294 e. The van der Waals surface area contributed by atoms with Crippen LogP contribution >= 0.6 is 11.3 Å². The zero-order valence-electron chi connectivity index (χ0n) is 16.7. The summed E-state index contributed by atoms with van der Waals surface area (Å²) >= 11 is 1.63. The van der Waals surface area contributed by atoms with Gasteiger partial charge in [-0.1, -0.05) is 6.07 Å². The Morgan fingerprint density at radius 3 is 2.07 bits per heavy atom. The van der Waals surface area contributed by atoms with E-state index in [2.05, 4.69) is 9.62 Å². The van der Waals surface area contributed by atoms with Crippen molar-refractivity contribution in [1.29, 1.82) is 0 Å². The van der Waals surface area contributed by atoms with E-state index in [1.807, 2.05) is 17.5 Å². The summed E-state index contributed by atoms with van der Waals surface area (Å²) in [5.41, 5.74) is 0. The third-order valence-electron chi connectivity index (χ3n) is 5.76. The van der Waals surface area contributed by atoms with E-state index in [4.69, 9.17) is 0 Å².